The lowest BCUT2D eigenvalue weighted by Crippen LogP contribution is -2.10. The monoisotopic (exact) mass is 256 g/mol. The average molecular weight is 256 g/mol. The molecule has 2 aromatic rings. The number of aromatic nitrogens is 3. The van der Waals surface area contributed by atoms with E-state index in [0.717, 1.165) is 18.2 Å². The Labute approximate surface area is 113 Å². The summed E-state index contributed by atoms with van der Waals surface area (Å²) in [7, 11) is 0. The number of aryl methyl sites for hydroxylation is 1. The van der Waals surface area contributed by atoms with Crippen molar-refractivity contribution in [1.29, 1.82) is 0 Å². The van der Waals surface area contributed by atoms with Crippen LogP contribution in [0.4, 0.5) is 5.95 Å². The van der Waals surface area contributed by atoms with Crippen LogP contribution in [0.5, 0.6) is 0 Å². The van der Waals surface area contributed by atoms with Crippen LogP contribution in [-0.2, 0) is 6.54 Å². The average Bonchev–Trinajstić information content (AvgIpc) is 3.06. The summed E-state index contributed by atoms with van der Waals surface area (Å²) in [5, 5.41) is 3.45. The minimum atomic E-state index is 0.626. The summed E-state index contributed by atoms with van der Waals surface area (Å²) in [6.45, 7) is 2.86. The first kappa shape index (κ1) is 12.2. The molecule has 1 aliphatic carbocycles. The zero-order chi connectivity index (χ0) is 13.1. The van der Waals surface area contributed by atoms with E-state index in [1.807, 2.05) is 24.5 Å². The van der Waals surface area contributed by atoms with Crippen molar-refractivity contribution in [3.05, 3.63) is 42.0 Å². The van der Waals surface area contributed by atoms with Crippen LogP contribution in [-0.4, -0.2) is 14.5 Å². The quantitative estimate of drug-likeness (QED) is 0.912. The summed E-state index contributed by atoms with van der Waals surface area (Å²) < 4.78 is 2.32. The Morgan fingerprint density at radius 2 is 2.00 bits per heavy atom. The van der Waals surface area contributed by atoms with Gasteiger partial charge in [0.15, 0.2) is 0 Å². The Morgan fingerprint density at radius 3 is 2.74 bits per heavy atom. The van der Waals surface area contributed by atoms with Gasteiger partial charge in [0.05, 0.1) is 5.69 Å². The van der Waals surface area contributed by atoms with E-state index in [4.69, 9.17) is 0 Å². The number of nitrogens with zero attached hydrogens (tertiary/aromatic N) is 3. The second-order valence-corrected chi connectivity index (χ2v) is 5.26. The van der Waals surface area contributed by atoms with Gasteiger partial charge >= 0.3 is 0 Å². The molecule has 0 bridgehead atoms. The fourth-order valence-electron chi connectivity index (χ4n) is 2.79. The van der Waals surface area contributed by atoms with Gasteiger partial charge in [-0.05, 0) is 37.5 Å². The minimum absolute atomic E-state index is 0.626. The minimum Gasteiger partial charge on any atom is -0.352 e. The second kappa shape index (κ2) is 5.43. The lowest BCUT2D eigenvalue weighted by atomic mass is 10.2. The van der Waals surface area contributed by atoms with Crippen LogP contribution in [0.3, 0.4) is 0 Å². The molecule has 4 heteroatoms. The maximum absolute atomic E-state index is 4.61. The number of anilines is 1. The number of imidazole rings is 1. The van der Waals surface area contributed by atoms with E-state index in [0.29, 0.717) is 6.04 Å². The van der Waals surface area contributed by atoms with E-state index in [9.17, 15) is 0 Å². The normalized spacial score (nSPS) is 15.8. The van der Waals surface area contributed by atoms with E-state index in [2.05, 4.69) is 33.0 Å². The Balaban J connectivity index is 1.73. The molecule has 1 N–H and O–H groups in total. The summed E-state index contributed by atoms with van der Waals surface area (Å²) >= 11 is 0. The highest BCUT2D eigenvalue weighted by atomic mass is 15.2. The molecule has 2 heterocycles. The van der Waals surface area contributed by atoms with Crippen LogP contribution in [0, 0.1) is 6.92 Å². The maximum Gasteiger partial charge on any atom is 0.203 e. The van der Waals surface area contributed by atoms with Crippen LogP contribution >= 0.6 is 0 Å². The second-order valence-electron chi connectivity index (χ2n) is 5.26. The number of hydrogen-bond donors (Lipinski definition) is 1. The van der Waals surface area contributed by atoms with Gasteiger partial charge in [-0.2, -0.15) is 0 Å². The molecule has 100 valence electrons. The van der Waals surface area contributed by atoms with E-state index in [1.54, 1.807) is 0 Å². The SMILES string of the molecule is Cc1cn(C2CCCC2)c(NCc2ccncc2)n1. The molecule has 1 aliphatic rings. The van der Waals surface area contributed by atoms with Crippen molar-refractivity contribution in [2.24, 2.45) is 0 Å². The molecule has 19 heavy (non-hydrogen) atoms. The summed E-state index contributed by atoms with van der Waals surface area (Å²) in [5.41, 5.74) is 2.32. The van der Waals surface area contributed by atoms with Crippen molar-refractivity contribution in [3.8, 4) is 0 Å². The highest BCUT2D eigenvalue weighted by Gasteiger charge is 2.19. The van der Waals surface area contributed by atoms with Gasteiger partial charge in [-0.1, -0.05) is 12.8 Å². The molecular formula is C15H20N4. The molecule has 0 aliphatic heterocycles. The molecule has 3 rings (SSSR count). The van der Waals surface area contributed by atoms with Crippen LogP contribution in [0.25, 0.3) is 0 Å². The van der Waals surface area contributed by atoms with E-state index >= 15 is 0 Å². The standard InChI is InChI=1S/C15H20N4/c1-12-11-19(14-4-2-3-5-14)15(18-12)17-10-13-6-8-16-9-7-13/h6-9,11,14H,2-5,10H2,1H3,(H,17,18). The molecule has 0 amide bonds. The molecule has 1 saturated carbocycles. The van der Waals surface area contributed by atoms with Crippen molar-refractivity contribution in [2.45, 2.75) is 45.2 Å². The molecule has 4 nitrogen and oxygen atoms in total. The van der Waals surface area contributed by atoms with Gasteiger partial charge in [0.25, 0.3) is 0 Å². The highest BCUT2D eigenvalue weighted by molar-refractivity contribution is 5.31. The summed E-state index contributed by atoms with van der Waals surface area (Å²) in [6.07, 6.45) is 11.1. The summed E-state index contributed by atoms with van der Waals surface area (Å²) in [6, 6.07) is 4.69. The number of hydrogen-bond acceptors (Lipinski definition) is 3. The van der Waals surface area contributed by atoms with Crippen molar-refractivity contribution < 1.29 is 0 Å². The molecule has 0 saturated heterocycles. The van der Waals surface area contributed by atoms with Crippen molar-refractivity contribution >= 4 is 5.95 Å². The number of nitrogens with one attached hydrogen (secondary N) is 1. The largest absolute Gasteiger partial charge is 0.352 e. The molecule has 0 atom stereocenters. The number of pyridine rings is 1. The van der Waals surface area contributed by atoms with Crippen LogP contribution in [0.1, 0.15) is 43.0 Å². The Bertz CT molecular complexity index is 526. The van der Waals surface area contributed by atoms with Gasteiger partial charge in [0, 0.05) is 31.2 Å². The first-order valence-electron chi connectivity index (χ1n) is 7.01. The van der Waals surface area contributed by atoms with E-state index < -0.39 is 0 Å². The van der Waals surface area contributed by atoms with Crippen molar-refractivity contribution in [1.82, 2.24) is 14.5 Å². The Kier molecular flexibility index (Phi) is 3.49. The molecule has 0 spiro atoms. The topological polar surface area (TPSA) is 42.7 Å². The van der Waals surface area contributed by atoms with Gasteiger partial charge < -0.3 is 9.88 Å². The third-order valence-electron chi connectivity index (χ3n) is 3.77. The molecule has 0 unspecified atom stereocenters. The number of rotatable bonds is 4. The molecule has 0 aromatic carbocycles. The first-order chi connectivity index (χ1) is 9.33. The molecule has 1 fully saturated rings. The van der Waals surface area contributed by atoms with Gasteiger partial charge in [0.2, 0.25) is 5.95 Å². The third-order valence-corrected chi connectivity index (χ3v) is 3.77. The van der Waals surface area contributed by atoms with E-state index in [-0.39, 0.29) is 0 Å². The van der Waals surface area contributed by atoms with Gasteiger partial charge in [-0.15, -0.1) is 0 Å². The van der Waals surface area contributed by atoms with Gasteiger partial charge in [-0.3, -0.25) is 4.98 Å². The fraction of sp³-hybridized carbons (Fsp3) is 0.467. The molecule has 2 aromatic heterocycles. The third kappa shape index (κ3) is 2.78. The molecular weight excluding hydrogens is 236 g/mol. The Morgan fingerprint density at radius 1 is 1.26 bits per heavy atom. The fourth-order valence-corrected chi connectivity index (χ4v) is 2.79. The summed E-state index contributed by atoms with van der Waals surface area (Å²) in [5.74, 6) is 1.00. The predicted molar refractivity (Wildman–Crippen MR) is 76.0 cm³/mol. The lowest BCUT2D eigenvalue weighted by Gasteiger charge is -2.15. The zero-order valence-corrected chi connectivity index (χ0v) is 11.3. The Hall–Kier alpha value is -1.84. The predicted octanol–water partition coefficient (Wildman–Crippen LogP) is 3.31. The lowest BCUT2D eigenvalue weighted by molar-refractivity contribution is 0.522. The zero-order valence-electron chi connectivity index (χ0n) is 11.3. The molecule has 0 radical (unpaired) electrons. The first-order valence-corrected chi connectivity index (χ1v) is 7.01. The maximum atomic E-state index is 4.61. The van der Waals surface area contributed by atoms with Crippen molar-refractivity contribution in [3.63, 3.8) is 0 Å². The van der Waals surface area contributed by atoms with Crippen LogP contribution < -0.4 is 5.32 Å². The highest BCUT2D eigenvalue weighted by Crippen LogP contribution is 2.32. The smallest absolute Gasteiger partial charge is 0.203 e. The van der Waals surface area contributed by atoms with E-state index in [1.165, 1.54) is 31.2 Å². The van der Waals surface area contributed by atoms with Crippen LogP contribution in [0.15, 0.2) is 30.7 Å². The summed E-state index contributed by atoms with van der Waals surface area (Å²) in [4.78, 5) is 8.64. The van der Waals surface area contributed by atoms with Gasteiger partial charge in [-0.25, -0.2) is 4.98 Å². The van der Waals surface area contributed by atoms with Gasteiger partial charge in [0.1, 0.15) is 0 Å². The van der Waals surface area contributed by atoms with Crippen LogP contribution in [0.2, 0.25) is 0 Å². The van der Waals surface area contributed by atoms with Crippen molar-refractivity contribution in [2.75, 3.05) is 5.32 Å².